The summed E-state index contributed by atoms with van der Waals surface area (Å²) in [5, 5.41) is 0. The molecule has 2 N–H and O–H groups in total. The van der Waals surface area contributed by atoms with Crippen LogP contribution in [-0.2, 0) is 6.42 Å². The number of nitrogens with two attached hydrogens (primary N) is 1. The molecule has 1 aromatic carbocycles. The Kier molecular flexibility index (Phi) is 3.67. The van der Waals surface area contributed by atoms with Crippen molar-refractivity contribution in [3.8, 4) is 11.6 Å². The van der Waals surface area contributed by atoms with Gasteiger partial charge in [-0.05, 0) is 37.6 Å². The molecule has 0 aliphatic rings. The average molecular weight is 229 g/mol. The Balaban J connectivity index is 2.08. The Morgan fingerprint density at radius 2 is 1.94 bits per heavy atom. The third-order valence-corrected chi connectivity index (χ3v) is 2.33. The van der Waals surface area contributed by atoms with Crippen molar-refractivity contribution >= 4 is 0 Å². The molecule has 0 fully saturated rings. The van der Waals surface area contributed by atoms with E-state index in [0.29, 0.717) is 18.2 Å². The fourth-order valence-corrected chi connectivity index (χ4v) is 1.50. The van der Waals surface area contributed by atoms with Crippen LogP contribution in [0.15, 0.2) is 36.5 Å². The number of aryl methyl sites for hydroxylation is 1. The zero-order valence-electron chi connectivity index (χ0n) is 9.76. The monoisotopic (exact) mass is 229 g/mol. The van der Waals surface area contributed by atoms with Crippen molar-refractivity contribution in [2.75, 3.05) is 6.54 Å². The lowest BCUT2D eigenvalue weighted by atomic mass is 10.1. The van der Waals surface area contributed by atoms with E-state index in [-0.39, 0.29) is 0 Å². The molecule has 4 heteroatoms. The molecule has 0 atom stereocenters. The maximum atomic E-state index is 5.61. The molecule has 0 unspecified atom stereocenters. The predicted molar refractivity (Wildman–Crippen MR) is 66.0 cm³/mol. The van der Waals surface area contributed by atoms with Crippen LogP contribution in [0.3, 0.4) is 0 Å². The van der Waals surface area contributed by atoms with E-state index in [2.05, 4.69) is 9.97 Å². The summed E-state index contributed by atoms with van der Waals surface area (Å²) in [6.07, 6.45) is 2.56. The van der Waals surface area contributed by atoms with Crippen LogP contribution in [0.2, 0.25) is 0 Å². The van der Waals surface area contributed by atoms with Crippen LogP contribution in [0.1, 0.15) is 11.4 Å². The molecule has 17 heavy (non-hydrogen) atoms. The van der Waals surface area contributed by atoms with Crippen LogP contribution >= 0.6 is 0 Å². The zero-order valence-corrected chi connectivity index (χ0v) is 9.76. The van der Waals surface area contributed by atoms with Gasteiger partial charge in [-0.15, -0.1) is 0 Å². The zero-order chi connectivity index (χ0) is 12.1. The smallest absolute Gasteiger partial charge is 0.222 e. The van der Waals surface area contributed by atoms with E-state index in [1.165, 1.54) is 5.56 Å². The highest BCUT2D eigenvalue weighted by molar-refractivity contribution is 5.30. The summed E-state index contributed by atoms with van der Waals surface area (Å²) in [4.78, 5) is 8.19. The van der Waals surface area contributed by atoms with Gasteiger partial charge >= 0.3 is 0 Å². The van der Waals surface area contributed by atoms with E-state index in [0.717, 1.165) is 12.2 Å². The molecule has 0 saturated heterocycles. The van der Waals surface area contributed by atoms with E-state index < -0.39 is 0 Å². The van der Waals surface area contributed by atoms with Gasteiger partial charge in [-0.2, -0.15) is 4.98 Å². The van der Waals surface area contributed by atoms with E-state index in [1.54, 1.807) is 12.3 Å². The molecule has 2 aromatic rings. The second-order valence-corrected chi connectivity index (χ2v) is 3.73. The van der Waals surface area contributed by atoms with Crippen LogP contribution in [0, 0.1) is 6.92 Å². The van der Waals surface area contributed by atoms with Crippen molar-refractivity contribution in [3.63, 3.8) is 0 Å². The number of ether oxygens (including phenoxy) is 1. The van der Waals surface area contributed by atoms with Gasteiger partial charge in [0.15, 0.2) is 0 Å². The minimum atomic E-state index is 0.559. The Labute approximate surface area is 100 Å². The van der Waals surface area contributed by atoms with Gasteiger partial charge in [0.2, 0.25) is 5.88 Å². The molecule has 0 amide bonds. The highest BCUT2D eigenvalue weighted by Crippen LogP contribution is 2.19. The summed E-state index contributed by atoms with van der Waals surface area (Å²) < 4.78 is 5.61. The molecule has 0 saturated carbocycles. The van der Waals surface area contributed by atoms with Gasteiger partial charge in [0.1, 0.15) is 11.6 Å². The summed E-state index contributed by atoms with van der Waals surface area (Å²) in [5.74, 6) is 2.02. The van der Waals surface area contributed by atoms with E-state index in [1.807, 2.05) is 31.2 Å². The van der Waals surface area contributed by atoms with Crippen LogP contribution in [0.25, 0.3) is 0 Å². The van der Waals surface area contributed by atoms with Gasteiger partial charge in [-0.25, -0.2) is 4.98 Å². The molecule has 4 nitrogen and oxygen atoms in total. The summed E-state index contributed by atoms with van der Waals surface area (Å²) >= 11 is 0. The van der Waals surface area contributed by atoms with Crippen molar-refractivity contribution < 1.29 is 4.74 Å². The quantitative estimate of drug-likeness (QED) is 0.872. The molecule has 2 rings (SSSR count). The summed E-state index contributed by atoms with van der Waals surface area (Å²) in [7, 11) is 0. The van der Waals surface area contributed by atoms with E-state index in [4.69, 9.17) is 10.5 Å². The average Bonchev–Trinajstić information content (AvgIpc) is 2.32. The van der Waals surface area contributed by atoms with Crippen molar-refractivity contribution in [2.24, 2.45) is 5.73 Å². The Bertz CT molecular complexity index is 482. The molecular weight excluding hydrogens is 214 g/mol. The molecule has 1 heterocycles. The molecule has 88 valence electrons. The van der Waals surface area contributed by atoms with Crippen molar-refractivity contribution in [1.29, 1.82) is 0 Å². The highest BCUT2D eigenvalue weighted by Gasteiger charge is 1.99. The van der Waals surface area contributed by atoms with Gasteiger partial charge in [-0.3, -0.25) is 0 Å². The molecule has 0 aliphatic carbocycles. The molecule has 0 bridgehead atoms. The predicted octanol–water partition coefficient (Wildman–Crippen LogP) is 2.08. The lowest BCUT2D eigenvalue weighted by Crippen LogP contribution is -2.02. The van der Waals surface area contributed by atoms with Crippen LogP contribution in [0.4, 0.5) is 0 Å². The number of rotatable bonds is 4. The van der Waals surface area contributed by atoms with Crippen LogP contribution < -0.4 is 10.5 Å². The second kappa shape index (κ2) is 5.41. The topological polar surface area (TPSA) is 61.0 Å². The minimum Gasteiger partial charge on any atom is -0.439 e. The molecular formula is C13H15N3O. The lowest BCUT2D eigenvalue weighted by molar-refractivity contribution is 0.459. The van der Waals surface area contributed by atoms with Gasteiger partial charge in [0.25, 0.3) is 0 Å². The van der Waals surface area contributed by atoms with Gasteiger partial charge in [-0.1, -0.05) is 12.1 Å². The highest BCUT2D eigenvalue weighted by atomic mass is 16.5. The Hall–Kier alpha value is -1.94. The maximum absolute atomic E-state index is 5.61. The van der Waals surface area contributed by atoms with E-state index in [9.17, 15) is 0 Å². The fraction of sp³-hybridized carbons (Fsp3) is 0.231. The number of aromatic nitrogens is 2. The number of nitrogens with zero attached hydrogens (tertiary/aromatic N) is 2. The Morgan fingerprint density at radius 3 is 2.59 bits per heavy atom. The van der Waals surface area contributed by atoms with Gasteiger partial charge in [0.05, 0.1) is 0 Å². The first-order valence-corrected chi connectivity index (χ1v) is 5.54. The standard InChI is InChI=1S/C13H15N3O/c1-10-15-9-7-13(16-10)17-12-4-2-11(3-5-12)6-8-14/h2-5,7,9H,6,8,14H2,1H3. The Morgan fingerprint density at radius 1 is 1.18 bits per heavy atom. The van der Waals surface area contributed by atoms with Gasteiger partial charge < -0.3 is 10.5 Å². The number of benzene rings is 1. The largest absolute Gasteiger partial charge is 0.439 e. The van der Waals surface area contributed by atoms with Gasteiger partial charge in [0, 0.05) is 12.3 Å². The molecule has 1 aromatic heterocycles. The number of hydrogen-bond acceptors (Lipinski definition) is 4. The SMILES string of the molecule is Cc1nccc(Oc2ccc(CCN)cc2)n1. The minimum absolute atomic E-state index is 0.559. The number of hydrogen-bond donors (Lipinski definition) is 1. The first kappa shape index (κ1) is 11.5. The third-order valence-electron chi connectivity index (χ3n) is 2.33. The first-order valence-electron chi connectivity index (χ1n) is 5.54. The van der Waals surface area contributed by atoms with E-state index >= 15 is 0 Å². The molecule has 0 aliphatic heterocycles. The summed E-state index contributed by atoms with van der Waals surface area (Å²) in [5.41, 5.74) is 6.70. The maximum Gasteiger partial charge on any atom is 0.222 e. The van der Waals surface area contributed by atoms with Crippen molar-refractivity contribution in [1.82, 2.24) is 9.97 Å². The first-order chi connectivity index (χ1) is 8.28. The second-order valence-electron chi connectivity index (χ2n) is 3.73. The molecule has 0 radical (unpaired) electrons. The fourth-order valence-electron chi connectivity index (χ4n) is 1.50. The van der Waals surface area contributed by atoms with Crippen molar-refractivity contribution in [3.05, 3.63) is 47.9 Å². The lowest BCUT2D eigenvalue weighted by Gasteiger charge is -2.05. The van der Waals surface area contributed by atoms with Crippen LogP contribution in [0.5, 0.6) is 11.6 Å². The summed E-state index contributed by atoms with van der Waals surface area (Å²) in [6.45, 7) is 2.49. The summed E-state index contributed by atoms with van der Waals surface area (Å²) in [6, 6.07) is 9.60. The third kappa shape index (κ3) is 3.26. The normalized spacial score (nSPS) is 10.2. The molecule has 0 spiro atoms. The van der Waals surface area contributed by atoms with Crippen molar-refractivity contribution in [2.45, 2.75) is 13.3 Å². The van der Waals surface area contributed by atoms with Crippen LogP contribution in [-0.4, -0.2) is 16.5 Å².